The molecule has 0 saturated heterocycles. The largest absolute Gasteiger partial charge is 0.311 e. The fraction of sp³-hybridized carbons (Fsp3) is 0.0877. The van der Waals surface area contributed by atoms with Crippen molar-refractivity contribution in [2.75, 3.05) is 4.90 Å². The summed E-state index contributed by atoms with van der Waals surface area (Å²) in [5.41, 5.74) is 19.8. The van der Waals surface area contributed by atoms with Gasteiger partial charge >= 0.3 is 0 Å². The fourth-order valence-electron chi connectivity index (χ4n) is 9.56. The molecule has 1 aromatic heterocycles. The van der Waals surface area contributed by atoms with Crippen molar-refractivity contribution < 1.29 is 0 Å². The highest BCUT2D eigenvalue weighted by Gasteiger charge is 2.36. The maximum atomic E-state index is 2.46. The molecule has 0 atom stereocenters. The van der Waals surface area contributed by atoms with E-state index in [1.807, 2.05) is 0 Å². The Kier molecular flexibility index (Phi) is 8.34. The smallest absolute Gasteiger partial charge is 0.0544 e. The Labute approximate surface area is 346 Å². The average molecular weight is 757 g/mol. The van der Waals surface area contributed by atoms with Crippen molar-refractivity contribution in [1.29, 1.82) is 0 Å². The fourth-order valence-corrected chi connectivity index (χ4v) is 9.56. The Hall–Kier alpha value is -7.16. The van der Waals surface area contributed by atoms with Crippen LogP contribution in [0.3, 0.4) is 0 Å². The van der Waals surface area contributed by atoms with Crippen LogP contribution in [0.5, 0.6) is 0 Å². The van der Waals surface area contributed by atoms with Crippen molar-refractivity contribution >= 4 is 44.4 Å². The second-order valence-corrected chi connectivity index (χ2v) is 16.5. The third-order valence-corrected chi connectivity index (χ3v) is 12.6. The lowest BCUT2D eigenvalue weighted by Crippen LogP contribution is -2.14. The van der Waals surface area contributed by atoms with Gasteiger partial charge in [-0.05, 0) is 141 Å². The number of para-hydroxylation sites is 1. The molecule has 59 heavy (non-hydrogen) atoms. The van der Waals surface area contributed by atoms with Crippen molar-refractivity contribution in [3.05, 3.63) is 223 Å². The second-order valence-electron chi connectivity index (χ2n) is 16.5. The number of fused-ring (bicyclic) bond motifs is 6. The van der Waals surface area contributed by atoms with Crippen LogP contribution in [0.4, 0.5) is 17.1 Å². The summed E-state index contributed by atoms with van der Waals surface area (Å²) in [6.07, 6.45) is 9.08. The highest BCUT2D eigenvalue weighted by Crippen LogP contribution is 2.51. The van der Waals surface area contributed by atoms with E-state index in [0.717, 1.165) is 29.9 Å². The summed E-state index contributed by atoms with van der Waals surface area (Å²) in [5, 5.41) is 2.54. The quantitative estimate of drug-likeness (QED) is 0.157. The first-order valence-electron chi connectivity index (χ1n) is 20.8. The number of hydrogen-bond donors (Lipinski definition) is 0. The molecule has 8 aromatic carbocycles. The molecule has 0 fully saturated rings. The van der Waals surface area contributed by atoms with Crippen LogP contribution in [0, 0.1) is 0 Å². The zero-order chi connectivity index (χ0) is 39.5. The molecule has 11 rings (SSSR count). The van der Waals surface area contributed by atoms with Crippen molar-refractivity contribution in [3.8, 4) is 39.1 Å². The summed E-state index contributed by atoms with van der Waals surface area (Å²) < 4.78 is 2.45. The lowest BCUT2D eigenvalue weighted by atomic mass is 9.82. The molecule has 0 bridgehead atoms. The summed E-state index contributed by atoms with van der Waals surface area (Å²) in [4.78, 5) is 2.37. The zero-order valence-electron chi connectivity index (χ0n) is 33.4. The molecular weight excluding hydrogens is 713 g/mol. The summed E-state index contributed by atoms with van der Waals surface area (Å²) in [5.74, 6) is 0. The van der Waals surface area contributed by atoms with Gasteiger partial charge in [-0.15, -0.1) is 0 Å². The molecule has 2 aliphatic carbocycles. The molecule has 2 aliphatic rings. The molecule has 0 saturated carbocycles. The summed E-state index contributed by atoms with van der Waals surface area (Å²) in [6, 6.07) is 69.3. The SMILES string of the molecule is CC1(C)c2ccccc2-c2cc3c4cc(-c5ccc(N(c6ccc(C7=CCCC=C7)cc6)c6ccc(-c7ccccc7)cc6)cc5)ccc4n(-c4ccccc4)c3cc21. The Morgan fingerprint density at radius 2 is 1.00 bits per heavy atom. The van der Waals surface area contributed by atoms with Crippen molar-refractivity contribution in [1.82, 2.24) is 4.57 Å². The Bertz CT molecular complexity index is 3070. The maximum Gasteiger partial charge on any atom is 0.0544 e. The van der Waals surface area contributed by atoms with E-state index >= 15 is 0 Å². The van der Waals surface area contributed by atoms with E-state index in [-0.39, 0.29) is 5.41 Å². The molecule has 0 radical (unpaired) electrons. The number of rotatable bonds is 7. The van der Waals surface area contributed by atoms with Crippen LogP contribution in [-0.2, 0) is 5.41 Å². The molecule has 0 N–H and O–H groups in total. The molecule has 9 aromatic rings. The van der Waals surface area contributed by atoms with E-state index in [0.29, 0.717) is 0 Å². The van der Waals surface area contributed by atoms with Gasteiger partial charge in [0.25, 0.3) is 0 Å². The third kappa shape index (κ3) is 5.94. The predicted octanol–water partition coefficient (Wildman–Crippen LogP) is 15.6. The van der Waals surface area contributed by atoms with Gasteiger partial charge in [-0.3, -0.25) is 0 Å². The molecule has 0 spiro atoms. The van der Waals surface area contributed by atoms with Gasteiger partial charge in [0, 0.05) is 38.9 Å². The number of anilines is 3. The second kappa shape index (κ2) is 14.0. The predicted molar refractivity (Wildman–Crippen MR) is 250 cm³/mol. The van der Waals surface area contributed by atoms with Gasteiger partial charge in [-0.1, -0.05) is 147 Å². The van der Waals surface area contributed by atoms with Crippen LogP contribution >= 0.6 is 0 Å². The van der Waals surface area contributed by atoms with Crippen LogP contribution in [0.2, 0.25) is 0 Å². The minimum atomic E-state index is -0.0743. The Balaban J connectivity index is 1.01. The van der Waals surface area contributed by atoms with Crippen molar-refractivity contribution in [2.45, 2.75) is 32.1 Å². The van der Waals surface area contributed by atoms with E-state index in [2.05, 4.69) is 230 Å². The van der Waals surface area contributed by atoms with Gasteiger partial charge in [-0.25, -0.2) is 0 Å². The molecule has 2 nitrogen and oxygen atoms in total. The van der Waals surface area contributed by atoms with Crippen LogP contribution in [0.1, 0.15) is 43.4 Å². The van der Waals surface area contributed by atoms with Gasteiger partial charge in [-0.2, -0.15) is 0 Å². The van der Waals surface area contributed by atoms with Crippen molar-refractivity contribution in [3.63, 3.8) is 0 Å². The molecule has 0 unspecified atom stereocenters. The monoisotopic (exact) mass is 756 g/mol. The number of aromatic nitrogens is 1. The van der Waals surface area contributed by atoms with Gasteiger partial charge in [0.15, 0.2) is 0 Å². The van der Waals surface area contributed by atoms with E-state index < -0.39 is 0 Å². The maximum absolute atomic E-state index is 2.46. The van der Waals surface area contributed by atoms with Gasteiger partial charge in [0.1, 0.15) is 0 Å². The van der Waals surface area contributed by atoms with Gasteiger partial charge in [0.05, 0.1) is 11.0 Å². The van der Waals surface area contributed by atoms with Crippen molar-refractivity contribution in [2.24, 2.45) is 0 Å². The zero-order valence-corrected chi connectivity index (χ0v) is 33.4. The summed E-state index contributed by atoms with van der Waals surface area (Å²) in [7, 11) is 0. The summed E-state index contributed by atoms with van der Waals surface area (Å²) in [6.45, 7) is 4.73. The molecule has 0 aliphatic heterocycles. The highest BCUT2D eigenvalue weighted by atomic mass is 15.1. The van der Waals surface area contributed by atoms with E-state index in [1.54, 1.807) is 0 Å². The van der Waals surface area contributed by atoms with Crippen LogP contribution in [-0.4, -0.2) is 4.57 Å². The first-order chi connectivity index (χ1) is 29.0. The first kappa shape index (κ1) is 35.0. The number of nitrogens with zero attached hydrogens (tertiary/aromatic N) is 2. The third-order valence-electron chi connectivity index (χ3n) is 12.6. The number of allylic oxidation sites excluding steroid dienone is 4. The summed E-state index contributed by atoms with van der Waals surface area (Å²) >= 11 is 0. The lowest BCUT2D eigenvalue weighted by Gasteiger charge is -2.26. The number of hydrogen-bond acceptors (Lipinski definition) is 1. The topological polar surface area (TPSA) is 8.17 Å². The van der Waals surface area contributed by atoms with Crippen LogP contribution < -0.4 is 4.90 Å². The molecule has 2 heteroatoms. The normalized spacial score (nSPS) is 14.0. The minimum absolute atomic E-state index is 0.0743. The molecule has 1 heterocycles. The van der Waals surface area contributed by atoms with E-state index in [4.69, 9.17) is 0 Å². The first-order valence-corrected chi connectivity index (χ1v) is 20.8. The highest BCUT2D eigenvalue weighted by molar-refractivity contribution is 6.12. The van der Waals surface area contributed by atoms with Crippen LogP contribution in [0.25, 0.3) is 66.4 Å². The molecule has 282 valence electrons. The lowest BCUT2D eigenvalue weighted by molar-refractivity contribution is 0.661. The molecule has 0 amide bonds. The van der Waals surface area contributed by atoms with E-state index in [1.165, 1.54) is 83.1 Å². The minimum Gasteiger partial charge on any atom is -0.311 e. The standard InChI is InChI=1S/C57H44N2/c1-57(2)53-21-13-12-20-49(53)50-37-52-51-36-44(28-35-55(51)59(56(52)38-54(50)57)45-18-10-5-11-19-45)43-26-33-48(34-27-43)58(46-29-22-41(23-30-46)39-14-6-3-7-15-39)47-31-24-42(25-32-47)40-16-8-4-9-17-40/h3,5-8,10-38H,4,9H2,1-2H3. The Morgan fingerprint density at radius 3 is 1.66 bits per heavy atom. The van der Waals surface area contributed by atoms with E-state index in [9.17, 15) is 0 Å². The number of benzene rings is 8. The van der Waals surface area contributed by atoms with Crippen LogP contribution in [0.15, 0.2) is 206 Å². The molecular formula is C57H44N2. The average Bonchev–Trinajstić information content (AvgIpc) is 3.74. The van der Waals surface area contributed by atoms with Gasteiger partial charge in [0.2, 0.25) is 0 Å². The van der Waals surface area contributed by atoms with Gasteiger partial charge < -0.3 is 9.47 Å². The Morgan fingerprint density at radius 1 is 0.441 bits per heavy atom.